The second-order valence-electron chi connectivity index (χ2n) is 2.32. The van der Waals surface area contributed by atoms with E-state index in [9.17, 15) is 14.4 Å². The molecule has 5 heteroatoms. The van der Waals surface area contributed by atoms with Gasteiger partial charge in [-0.2, -0.15) is 0 Å². The van der Waals surface area contributed by atoms with E-state index in [1.54, 1.807) is 6.92 Å². The van der Waals surface area contributed by atoms with E-state index < -0.39 is 11.8 Å². The average Bonchev–Trinajstić information content (AvgIpc) is 2.13. The van der Waals surface area contributed by atoms with E-state index in [0.717, 1.165) is 0 Å². The summed E-state index contributed by atoms with van der Waals surface area (Å²) in [5, 5.41) is 2.35. The van der Waals surface area contributed by atoms with Gasteiger partial charge in [-0.1, -0.05) is 0 Å². The number of Topliss-reactive ketones (excluding diaryl/α,β-unsaturated/α-hetero) is 1. The fraction of sp³-hybridized carbons (Fsp3) is 0.625. The first-order valence-electron chi connectivity index (χ1n) is 4.02. The molecule has 13 heavy (non-hydrogen) atoms. The molecular formula is C8H13NO4. The lowest BCUT2D eigenvalue weighted by Crippen LogP contribution is -2.22. The van der Waals surface area contributed by atoms with Gasteiger partial charge < -0.3 is 10.1 Å². The SMILES string of the molecule is CCOC(=O)C(=O)CCC(=O)NC. The Labute approximate surface area is 76.4 Å². The Hall–Kier alpha value is -1.39. The summed E-state index contributed by atoms with van der Waals surface area (Å²) in [6, 6.07) is 0. The molecule has 0 heterocycles. The number of carbonyl (C=O) groups is 3. The molecule has 0 radical (unpaired) electrons. The van der Waals surface area contributed by atoms with Crippen LogP contribution in [0.1, 0.15) is 19.8 Å². The van der Waals surface area contributed by atoms with Crippen LogP contribution in [0.25, 0.3) is 0 Å². The van der Waals surface area contributed by atoms with Crippen LogP contribution in [-0.2, 0) is 19.1 Å². The number of carbonyl (C=O) groups excluding carboxylic acids is 3. The predicted molar refractivity (Wildman–Crippen MR) is 44.9 cm³/mol. The van der Waals surface area contributed by atoms with Crippen LogP contribution >= 0.6 is 0 Å². The van der Waals surface area contributed by atoms with E-state index in [1.807, 2.05) is 0 Å². The summed E-state index contributed by atoms with van der Waals surface area (Å²) in [4.78, 5) is 32.3. The van der Waals surface area contributed by atoms with Crippen molar-refractivity contribution in [2.75, 3.05) is 13.7 Å². The molecule has 5 nitrogen and oxygen atoms in total. The van der Waals surface area contributed by atoms with Crippen LogP contribution in [0, 0.1) is 0 Å². The number of hydrogen-bond donors (Lipinski definition) is 1. The number of ketones is 1. The van der Waals surface area contributed by atoms with Crippen molar-refractivity contribution in [3.05, 3.63) is 0 Å². The normalized spacial score (nSPS) is 9.08. The van der Waals surface area contributed by atoms with Crippen LogP contribution in [-0.4, -0.2) is 31.3 Å². The molecule has 1 amide bonds. The minimum atomic E-state index is -0.869. The number of nitrogens with one attached hydrogen (secondary N) is 1. The van der Waals surface area contributed by atoms with Crippen molar-refractivity contribution < 1.29 is 19.1 Å². The van der Waals surface area contributed by atoms with Gasteiger partial charge in [-0.3, -0.25) is 9.59 Å². The molecule has 0 saturated carbocycles. The molecule has 0 aliphatic heterocycles. The lowest BCUT2D eigenvalue weighted by Gasteiger charge is -1.99. The molecular weight excluding hydrogens is 174 g/mol. The van der Waals surface area contributed by atoms with Gasteiger partial charge in [-0.15, -0.1) is 0 Å². The van der Waals surface area contributed by atoms with Crippen molar-refractivity contribution in [2.24, 2.45) is 0 Å². The summed E-state index contributed by atoms with van der Waals surface area (Å²) >= 11 is 0. The highest BCUT2D eigenvalue weighted by atomic mass is 16.5. The molecule has 74 valence electrons. The second kappa shape index (κ2) is 6.16. The first kappa shape index (κ1) is 11.6. The van der Waals surface area contributed by atoms with Gasteiger partial charge in [0.2, 0.25) is 11.7 Å². The molecule has 0 unspecified atom stereocenters. The highest BCUT2D eigenvalue weighted by molar-refractivity contribution is 6.33. The first-order valence-corrected chi connectivity index (χ1v) is 4.02. The monoisotopic (exact) mass is 187 g/mol. The zero-order valence-electron chi connectivity index (χ0n) is 7.75. The number of esters is 1. The Morgan fingerprint density at radius 1 is 1.23 bits per heavy atom. The molecule has 0 saturated heterocycles. The number of amides is 1. The van der Waals surface area contributed by atoms with Crippen LogP contribution in [0.5, 0.6) is 0 Å². The van der Waals surface area contributed by atoms with Gasteiger partial charge in [0.25, 0.3) is 0 Å². The third-order valence-corrected chi connectivity index (χ3v) is 1.36. The third-order valence-electron chi connectivity index (χ3n) is 1.36. The zero-order valence-corrected chi connectivity index (χ0v) is 7.75. The van der Waals surface area contributed by atoms with E-state index in [0.29, 0.717) is 0 Å². The van der Waals surface area contributed by atoms with Crippen molar-refractivity contribution in [3.8, 4) is 0 Å². The quantitative estimate of drug-likeness (QED) is 0.471. The largest absolute Gasteiger partial charge is 0.460 e. The Balaban J connectivity index is 3.74. The van der Waals surface area contributed by atoms with Gasteiger partial charge in [0.1, 0.15) is 0 Å². The lowest BCUT2D eigenvalue weighted by atomic mass is 10.2. The molecule has 0 spiro atoms. The Kier molecular flexibility index (Phi) is 5.50. The summed E-state index contributed by atoms with van der Waals surface area (Å²) in [6.07, 6.45) is -0.0767. The minimum absolute atomic E-state index is 0.0220. The Morgan fingerprint density at radius 2 is 1.85 bits per heavy atom. The number of ether oxygens (including phenoxy) is 1. The first-order chi connectivity index (χ1) is 6.11. The number of hydrogen-bond acceptors (Lipinski definition) is 4. The maximum Gasteiger partial charge on any atom is 0.374 e. The van der Waals surface area contributed by atoms with Crippen molar-refractivity contribution >= 4 is 17.7 Å². The minimum Gasteiger partial charge on any atom is -0.460 e. The predicted octanol–water partition coefficient (Wildman–Crippen LogP) is -0.355. The van der Waals surface area contributed by atoms with Gasteiger partial charge in [0.15, 0.2) is 0 Å². The summed E-state index contributed by atoms with van der Waals surface area (Å²) in [6.45, 7) is 1.79. The van der Waals surface area contributed by atoms with Crippen LogP contribution in [0.15, 0.2) is 0 Å². The maximum atomic E-state index is 10.9. The molecule has 0 bridgehead atoms. The second-order valence-corrected chi connectivity index (χ2v) is 2.32. The lowest BCUT2D eigenvalue weighted by molar-refractivity contribution is -0.153. The van der Waals surface area contributed by atoms with Crippen molar-refractivity contribution in [1.82, 2.24) is 5.32 Å². The molecule has 0 aromatic carbocycles. The highest BCUT2D eigenvalue weighted by Crippen LogP contribution is 1.93. The molecule has 0 aromatic rings. The van der Waals surface area contributed by atoms with Crippen molar-refractivity contribution in [3.63, 3.8) is 0 Å². The van der Waals surface area contributed by atoms with Crippen molar-refractivity contribution in [2.45, 2.75) is 19.8 Å². The molecule has 0 fully saturated rings. The molecule has 1 N–H and O–H groups in total. The smallest absolute Gasteiger partial charge is 0.374 e. The maximum absolute atomic E-state index is 10.9. The fourth-order valence-corrected chi connectivity index (χ4v) is 0.666. The Bertz CT molecular complexity index is 212. The third kappa shape index (κ3) is 4.95. The van der Waals surface area contributed by atoms with Crippen LogP contribution < -0.4 is 5.32 Å². The van der Waals surface area contributed by atoms with Gasteiger partial charge in [0.05, 0.1) is 6.61 Å². The van der Waals surface area contributed by atoms with Crippen molar-refractivity contribution in [1.29, 1.82) is 0 Å². The van der Waals surface area contributed by atoms with Gasteiger partial charge >= 0.3 is 5.97 Å². The van der Waals surface area contributed by atoms with Crippen LogP contribution in [0.4, 0.5) is 0 Å². The van der Waals surface area contributed by atoms with Gasteiger partial charge in [0, 0.05) is 19.9 Å². The van der Waals surface area contributed by atoms with E-state index in [4.69, 9.17) is 0 Å². The Morgan fingerprint density at radius 3 is 2.31 bits per heavy atom. The number of rotatable bonds is 5. The fourth-order valence-electron chi connectivity index (χ4n) is 0.666. The van der Waals surface area contributed by atoms with Gasteiger partial charge in [-0.05, 0) is 6.92 Å². The topological polar surface area (TPSA) is 72.5 Å². The van der Waals surface area contributed by atoms with E-state index in [1.165, 1.54) is 7.05 Å². The zero-order chi connectivity index (χ0) is 10.3. The van der Waals surface area contributed by atoms with E-state index in [-0.39, 0.29) is 25.4 Å². The van der Waals surface area contributed by atoms with E-state index >= 15 is 0 Å². The highest BCUT2D eigenvalue weighted by Gasteiger charge is 2.15. The molecule has 0 atom stereocenters. The average molecular weight is 187 g/mol. The summed E-state index contributed by atoms with van der Waals surface area (Å²) in [5.74, 6) is -1.80. The molecule has 0 rings (SSSR count). The van der Waals surface area contributed by atoms with E-state index in [2.05, 4.69) is 10.1 Å². The summed E-state index contributed by atoms with van der Waals surface area (Å²) < 4.78 is 4.45. The van der Waals surface area contributed by atoms with Crippen LogP contribution in [0.3, 0.4) is 0 Å². The van der Waals surface area contributed by atoms with Gasteiger partial charge in [-0.25, -0.2) is 4.79 Å². The molecule has 0 aromatic heterocycles. The molecule has 0 aliphatic carbocycles. The molecule has 0 aliphatic rings. The standard InChI is InChI=1S/C8H13NO4/c1-3-13-8(12)6(10)4-5-7(11)9-2/h3-5H2,1-2H3,(H,9,11). The van der Waals surface area contributed by atoms with Crippen LogP contribution in [0.2, 0.25) is 0 Å². The summed E-state index contributed by atoms with van der Waals surface area (Å²) in [7, 11) is 1.47. The summed E-state index contributed by atoms with van der Waals surface area (Å²) in [5.41, 5.74) is 0.